The topological polar surface area (TPSA) is 313 Å². The summed E-state index contributed by atoms with van der Waals surface area (Å²) < 4.78 is 34.3. The molecule has 0 spiro atoms. The number of esters is 2. The van der Waals surface area contributed by atoms with Gasteiger partial charge in [-0.2, -0.15) is 24.9 Å². The largest absolute Gasteiger partial charge is 0.481 e. The summed E-state index contributed by atoms with van der Waals surface area (Å²) in [5.41, 5.74) is 9.79. The van der Waals surface area contributed by atoms with E-state index < -0.39 is 11.9 Å². The third kappa shape index (κ3) is 23.9. The van der Waals surface area contributed by atoms with Gasteiger partial charge >= 0.3 is 11.9 Å². The molecule has 1 atom stereocenters. The Morgan fingerprint density at radius 1 is 0.440 bits per heavy atom. The molecule has 5 aromatic carbocycles. The molecule has 0 aliphatic heterocycles. The highest BCUT2D eigenvalue weighted by Crippen LogP contribution is 2.31. The number of hydrogen-bond acceptors (Lipinski definition) is 25. The number of nitrogens with zero attached hydrogens (tertiary/aromatic N) is 10. The van der Waals surface area contributed by atoms with Crippen LogP contribution in [0.15, 0.2) is 140 Å². The summed E-state index contributed by atoms with van der Waals surface area (Å²) in [7, 11) is 10.00. The Bertz CT molecular complexity index is 4410. The summed E-state index contributed by atoms with van der Waals surface area (Å²) in [4.78, 5) is 74.5. The number of benzene rings is 5. The summed E-state index contributed by atoms with van der Waals surface area (Å²) in [6.07, 6.45) is 5.69. The monoisotopic (exact) mass is 1460 g/mol. The summed E-state index contributed by atoms with van der Waals surface area (Å²) in [6, 6.07) is 40.2. The van der Waals surface area contributed by atoms with Crippen LogP contribution in [0, 0.1) is 27.7 Å². The minimum atomic E-state index is -0.581. The van der Waals surface area contributed by atoms with E-state index in [-0.39, 0.29) is 52.6 Å². The first-order valence-electron chi connectivity index (χ1n) is 29.9. The third-order valence-electron chi connectivity index (χ3n) is 13.9. The summed E-state index contributed by atoms with van der Waals surface area (Å²) >= 11 is 29.9. The number of aldehydes is 1. The van der Waals surface area contributed by atoms with Crippen LogP contribution in [0.1, 0.15) is 89.9 Å². The van der Waals surface area contributed by atoms with Crippen molar-refractivity contribution in [2.24, 2.45) is 0 Å². The summed E-state index contributed by atoms with van der Waals surface area (Å²) in [5.74, 6) is 2.32. The first-order valence-corrected chi connectivity index (χ1v) is 31.8. The lowest BCUT2D eigenvalue weighted by molar-refractivity contribution is 0.0585. The van der Waals surface area contributed by atoms with Crippen LogP contribution in [0.4, 0.5) is 46.5 Å². The zero-order valence-corrected chi connectivity index (χ0v) is 60.1. The molecule has 30 heteroatoms. The molecule has 0 amide bonds. The molecule has 100 heavy (non-hydrogen) atoms. The molecule has 5 N–H and O–H groups in total. The Labute approximate surface area is 603 Å². The highest BCUT2D eigenvalue weighted by atomic mass is 35.5. The molecule has 1 unspecified atom stereocenters. The van der Waals surface area contributed by atoms with Crippen LogP contribution < -0.4 is 45.0 Å². The molecule has 5 heterocycles. The standard InChI is InChI=1S/C23H24ClN3O.C14H14ClN3O3.C13H14ClN3O2.C13H12ClN3O2.C7H7ClN2O3/c1-16(18-10-5-4-6-11-18)9-7-12-19-15-22(28-3)27-23(25-19)26-21-14-8-13-20(24)17(21)2;1-8-9(15)5-4-6-10(8)16-14-17-11(13(19)21-3)7-12(18-14)20-2;2*1-8-10(14)4-3-5-11(8)16-13-15-9(7-18)6-12(17-13)19-2;1-12-5-3-4(6(11)13-2)9-7(8)10-5/h4-8,10-16H,9H2,1-3H3,(H,25,26,27);4-7H,1-3H3,(H,16,17,18);3-6,18H,7H2,1-2H3,(H,15,16,17);3-7H,1-2H3,(H,15,16,17);3H,1-2H3. The van der Waals surface area contributed by atoms with Crippen LogP contribution in [0.3, 0.4) is 0 Å². The lowest BCUT2D eigenvalue weighted by atomic mass is 9.98. The fraction of sp³-hybridized carbons (Fsp3) is 0.214. The lowest BCUT2D eigenvalue weighted by Gasteiger charge is -2.11. The Morgan fingerprint density at radius 3 is 1.20 bits per heavy atom. The second kappa shape index (κ2) is 39.8. The SMILES string of the molecule is COC(=O)c1cc(OC)nc(Cl)n1.COC(=O)c1cc(OC)nc(Nc2cccc(Cl)c2C)n1.COc1cc(C=CCC(C)c2ccccc2)nc(Nc2cccc(Cl)c2C)n1.COc1cc(C=O)nc(Nc2cccc(Cl)c2C)n1.COc1cc(CO)nc(Nc2cccc(Cl)c2C)n1. The van der Waals surface area contributed by atoms with Gasteiger partial charge in [0.05, 0.1) is 67.8 Å². The van der Waals surface area contributed by atoms with Crippen molar-refractivity contribution in [1.82, 2.24) is 49.8 Å². The van der Waals surface area contributed by atoms with Gasteiger partial charge in [-0.1, -0.05) is 114 Å². The van der Waals surface area contributed by atoms with Crippen LogP contribution in [0.5, 0.6) is 29.4 Å². The molecular weight excluding hydrogens is 1390 g/mol. The van der Waals surface area contributed by atoms with Crippen LogP contribution in [-0.2, 0) is 16.1 Å². The molecule has 522 valence electrons. The van der Waals surface area contributed by atoms with Crippen molar-refractivity contribution in [3.05, 3.63) is 221 Å². The molecule has 0 aliphatic carbocycles. The van der Waals surface area contributed by atoms with Gasteiger partial charge in [0.1, 0.15) is 5.69 Å². The van der Waals surface area contributed by atoms with Gasteiger partial charge in [0.25, 0.3) is 0 Å². The van der Waals surface area contributed by atoms with E-state index in [1.165, 1.54) is 66.4 Å². The third-order valence-corrected chi connectivity index (χ3v) is 15.7. The van der Waals surface area contributed by atoms with Crippen molar-refractivity contribution in [2.75, 3.05) is 71.0 Å². The smallest absolute Gasteiger partial charge is 0.357 e. The molecule has 0 saturated heterocycles. The van der Waals surface area contributed by atoms with Gasteiger partial charge in [-0.3, -0.25) is 4.79 Å². The molecule has 0 saturated carbocycles. The number of aliphatic hydroxyl groups is 1. The van der Waals surface area contributed by atoms with Gasteiger partial charge in [0, 0.05) is 73.2 Å². The maximum Gasteiger partial charge on any atom is 0.357 e. The minimum absolute atomic E-state index is 0.0558. The molecular formula is C70H71Cl5N14O11. The number of carbonyl (C=O) groups is 3. The number of allylic oxidation sites excluding steroid dienone is 1. The van der Waals surface area contributed by atoms with Gasteiger partial charge in [-0.25, -0.2) is 34.5 Å². The van der Waals surface area contributed by atoms with E-state index in [2.05, 4.69) is 118 Å². The molecule has 0 bridgehead atoms. The van der Waals surface area contributed by atoms with E-state index in [9.17, 15) is 14.4 Å². The number of anilines is 8. The summed E-state index contributed by atoms with van der Waals surface area (Å²) in [5, 5.41) is 24.0. The van der Waals surface area contributed by atoms with Crippen LogP contribution >= 0.6 is 58.0 Å². The normalized spacial score (nSPS) is 10.6. The number of methoxy groups -OCH3 is 7. The molecule has 10 rings (SSSR count). The molecule has 0 radical (unpaired) electrons. The second-order valence-electron chi connectivity index (χ2n) is 20.6. The number of aromatic nitrogens is 10. The van der Waals surface area contributed by atoms with Gasteiger partial charge < -0.3 is 59.5 Å². The van der Waals surface area contributed by atoms with Crippen LogP contribution in [0.25, 0.3) is 6.08 Å². The van der Waals surface area contributed by atoms with Gasteiger partial charge in [0.2, 0.25) is 58.5 Å². The quantitative estimate of drug-likeness (QED) is 0.0253. The highest BCUT2D eigenvalue weighted by molar-refractivity contribution is 6.33. The maximum atomic E-state index is 11.6. The van der Waals surface area contributed by atoms with Gasteiger partial charge in [-0.05, 0) is 134 Å². The number of rotatable bonds is 21. The number of aliphatic hydroxyl groups excluding tert-OH is 1. The highest BCUT2D eigenvalue weighted by Gasteiger charge is 2.16. The zero-order valence-electron chi connectivity index (χ0n) is 56.3. The maximum absolute atomic E-state index is 11.6. The fourth-order valence-corrected chi connectivity index (χ4v) is 9.21. The van der Waals surface area contributed by atoms with Crippen molar-refractivity contribution < 1.29 is 52.6 Å². The van der Waals surface area contributed by atoms with E-state index in [0.717, 1.165) is 57.1 Å². The van der Waals surface area contributed by atoms with Crippen molar-refractivity contribution in [2.45, 2.75) is 53.6 Å². The number of nitrogens with one attached hydrogen (secondary N) is 4. The number of halogens is 5. The average molecular weight is 1460 g/mol. The first kappa shape index (κ1) is 78.5. The van der Waals surface area contributed by atoms with E-state index in [4.69, 9.17) is 86.8 Å². The average Bonchev–Trinajstić information content (AvgIpc) is 0.862. The summed E-state index contributed by atoms with van der Waals surface area (Å²) in [6.45, 7) is 9.64. The minimum Gasteiger partial charge on any atom is -0.481 e. The van der Waals surface area contributed by atoms with Gasteiger partial charge in [-0.15, -0.1) is 0 Å². The molecule has 0 aliphatic rings. The van der Waals surface area contributed by atoms with Gasteiger partial charge in [0.15, 0.2) is 17.7 Å². The Hall–Kier alpha value is -10.5. The van der Waals surface area contributed by atoms with Crippen molar-refractivity contribution >= 4 is 129 Å². The molecule has 25 nitrogen and oxygen atoms in total. The van der Waals surface area contributed by atoms with E-state index >= 15 is 0 Å². The Kier molecular flexibility index (Phi) is 31.2. The fourth-order valence-electron chi connectivity index (χ4n) is 8.34. The predicted octanol–water partition coefficient (Wildman–Crippen LogP) is 16.0. The van der Waals surface area contributed by atoms with E-state index in [1.54, 1.807) is 31.4 Å². The molecule has 5 aromatic heterocycles. The van der Waals surface area contributed by atoms with E-state index in [1.807, 2.05) is 101 Å². The predicted molar refractivity (Wildman–Crippen MR) is 388 cm³/mol. The Morgan fingerprint density at radius 2 is 0.800 bits per heavy atom. The van der Waals surface area contributed by atoms with Crippen molar-refractivity contribution in [1.29, 1.82) is 0 Å². The van der Waals surface area contributed by atoms with Crippen LogP contribution in [-0.4, -0.2) is 123 Å². The van der Waals surface area contributed by atoms with Crippen LogP contribution in [0.2, 0.25) is 25.4 Å². The number of ether oxygens (including phenoxy) is 7. The van der Waals surface area contributed by atoms with Crippen molar-refractivity contribution in [3.8, 4) is 29.4 Å². The zero-order chi connectivity index (χ0) is 72.8. The number of hydrogen-bond donors (Lipinski definition) is 5. The van der Waals surface area contributed by atoms with E-state index in [0.29, 0.717) is 67.5 Å². The Balaban J connectivity index is 0.000000201. The second-order valence-corrected chi connectivity index (χ2v) is 22.6. The van der Waals surface area contributed by atoms with Crippen molar-refractivity contribution in [3.63, 3.8) is 0 Å². The molecule has 10 aromatic rings. The number of carbonyl (C=O) groups excluding carboxylic acids is 3. The first-order chi connectivity index (χ1) is 48.0. The molecule has 0 fully saturated rings. The lowest BCUT2D eigenvalue weighted by Crippen LogP contribution is -2.09.